The van der Waals surface area contributed by atoms with Crippen molar-refractivity contribution >= 4 is 16.8 Å². The van der Waals surface area contributed by atoms with Gasteiger partial charge in [-0.15, -0.1) is 0 Å². The zero-order chi connectivity index (χ0) is 28.4. The number of aromatic nitrogens is 7. The first-order valence-electron chi connectivity index (χ1n) is 12.6. The van der Waals surface area contributed by atoms with Crippen LogP contribution in [0.3, 0.4) is 0 Å². The van der Waals surface area contributed by atoms with Gasteiger partial charge in [0.1, 0.15) is 28.6 Å². The molecule has 0 radical (unpaired) electrons. The number of carbonyl (C=O) groups excluding carboxylic acids is 1. The molecular weight excluding hydrogens is 510 g/mol. The molecular formula is C28H29N9O3. The molecule has 12 nitrogen and oxygen atoms in total. The van der Waals surface area contributed by atoms with E-state index < -0.39 is 0 Å². The SMILES string of the molecule is COc1ccc(CNC(=O)c2cc3c(cnn3C)c(-c3nc(-c4cc(C)nn4CCC#N)cn3C)n2)c(OC)c1. The molecule has 1 aromatic carbocycles. The highest BCUT2D eigenvalue weighted by atomic mass is 16.5. The molecule has 0 aliphatic carbocycles. The third-order valence-electron chi connectivity index (χ3n) is 6.60. The zero-order valence-electron chi connectivity index (χ0n) is 23.0. The fourth-order valence-corrected chi connectivity index (χ4v) is 4.58. The van der Waals surface area contributed by atoms with E-state index in [0.717, 1.165) is 27.9 Å². The lowest BCUT2D eigenvalue weighted by Crippen LogP contribution is -2.24. The largest absolute Gasteiger partial charge is 0.497 e. The Kier molecular flexibility index (Phi) is 7.20. The van der Waals surface area contributed by atoms with Crippen LogP contribution in [0.5, 0.6) is 11.5 Å². The van der Waals surface area contributed by atoms with Gasteiger partial charge in [-0.3, -0.25) is 14.2 Å². The number of rotatable bonds is 9. The fraction of sp³-hybridized carbons (Fsp3) is 0.286. The van der Waals surface area contributed by atoms with Crippen LogP contribution in [0.25, 0.3) is 33.8 Å². The number of benzene rings is 1. The monoisotopic (exact) mass is 539 g/mol. The van der Waals surface area contributed by atoms with Crippen molar-refractivity contribution in [3.63, 3.8) is 0 Å². The third kappa shape index (κ3) is 4.96. The Morgan fingerprint density at radius 2 is 1.95 bits per heavy atom. The summed E-state index contributed by atoms with van der Waals surface area (Å²) in [7, 11) is 6.85. The number of ether oxygens (including phenoxy) is 2. The molecule has 0 aliphatic heterocycles. The van der Waals surface area contributed by atoms with Gasteiger partial charge in [0.05, 0.1) is 56.4 Å². The number of nitriles is 1. The zero-order valence-corrected chi connectivity index (χ0v) is 23.0. The lowest BCUT2D eigenvalue weighted by atomic mass is 10.1. The Labute approximate surface area is 230 Å². The normalized spacial score (nSPS) is 11.0. The van der Waals surface area contributed by atoms with Crippen molar-refractivity contribution in [1.82, 2.24) is 39.4 Å². The first-order chi connectivity index (χ1) is 19.3. The molecule has 5 aromatic rings. The number of fused-ring (bicyclic) bond motifs is 1. The van der Waals surface area contributed by atoms with Crippen LogP contribution in [-0.2, 0) is 27.2 Å². The van der Waals surface area contributed by atoms with Gasteiger partial charge >= 0.3 is 0 Å². The predicted molar refractivity (Wildman–Crippen MR) is 148 cm³/mol. The molecule has 0 aliphatic rings. The smallest absolute Gasteiger partial charge is 0.270 e. The summed E-state index contributed by atoms with van der Waals surface area (Å²) in [5, 5.41) is 21.7. The van der Waals surface area contributed by atoms with E-state index in [0.29, 0.717) is 41.7 Å². The topological polar surface area (TPSA) is 138 Å². The summed E-state index contributed by atoms with van der Waals surface area (Å²) in [5.41, 5.74) is 4.65. The van der Waals surface area contributed by atoms with Crippen LogP contribution >= 0.6 is 0 Å². The Hall–Kier alpha value is -5.18. The van der Waals surface area contributed by atoms with Crippen molar-refractivity contribution in [1.29, 1.82) is 5.26 Å². The van der Waals surface area contributed by atoms with Gasteiger partial charge in [-0.2, -0.15) is 15.5 Å². The van der Waals surface area contributed by atoms with Crippen molar-refractivity contribution in [2.24, 2.45) is 14.1 Å². The number of nitrogens with zero attached hydrogens (tertiary/aromatic N) is 8. The standard InChI is InChI=1S/C28H29N9O3/c1-17-11-24(37(34-17)10-6-9-29)22-16-35(2)27(33-22)26-20-15-31-36(3)23(20)13-21(32-26)28(38)30-14-18-7-8-19(39-4)12-25(18)40-5/h7-8,11-13,15-16H,6,10,14H2,1-5H3,(H,30,38). The molecule has 4 aromatic heterocycles. The number of methoxy groups -OCH3 is 2. The summed E-state index contributed by atoms with van der Waals surface area (Å²) in [4.78, 5) is 23.0. The minimum Gasteiger partial charge on any atom is -0.497 e. The van der Waals surface area contributed by atoms with Crippen LogP contribution in [0, 0.1) is 18.3 Å². The number of imidazole rings is 1. The molecule has 0 bridgehead atoms. The Morgan fingerprint density at radius 1 is 1.12 bits per heavy atom. The number of hydrogen-bond acceptors (Lipinski definition) is 8. The van der Waals surface area contributed by atoms with Gasteiger partial charge in [-0.05, 0) is 31.2 Å². The molecule has 1 amide bonds. The maximum absolute atomic E-state index is 13.3. The van der Waals surface area contributed by atoms with E-state index in [2.05, 4.69) is 21.6 Å². The molecule has 204 valence electrons. The third-order valence-corrected chi connectivity index (χ3v) is 6.60. The van der Waals surface area contributed by atoms with Crippen LogP contribution in [0.15, 0.2) is 42.7 Å². The van der Waals surface area contributed by atoms with Crippen molar-refractivity contribution in [3.8, 4) is 40.5 Å². The van der Waals surface area contributed by atoms with E-state index in [4.69, 9.17) is 24.7 Å². The van der Waals surface area contributed by atoms with Crippen LogP contribution in [0.4, 0.5) is 0 Å². The molecule has 40 heavy (non-hydrogen) atoms. The van der Waals surface area contributed by atoms with E-state index in [1.54, 1.807) is 41.9 Å². The Morgan fingerprint density at radius 3 is 2.70 bits per heavy atom. The molecule has 1 N–H and O–H groups in total. The first-order valence-corrected chi connectivity index (χ1v) is 12.6. The molecule has 0 saturated carbocycles. The molecule has 4 heterocycles. The molecule has 0 atom stereocenters. The molecule has 0 fully saturated rings. The molecule has 12 heteroatoms. The lowest BCUT2D eigenvalue weighted by Gasteiger charge is -2.12. The van der Waals surface area contributed by atoms with Crippen LogP contribution in [-0.4, -0.2) is 54.2 Å². The van der Waals surface area contributed by atoms with Crippen LogP contribution in [0.1, 0.15) is 28.2 Å². The number of pyridine rings is 1. The van der Waals surface area contributed by atoms with E-state index in [9.17, 15) is 4.79 Å². The summed E-state index contributed by atoms with van der Waals surface area (Å²) in [6.07, 6.45) is 3.95. The van der Waals surface area contributed by atoms with Gasteiger partial charge in [-0.25, -0.2) is 9.97 Å². The van der Waals surface area contributed by atoms with Gasteiger partial charge in [0.15, 0.2) is 5.82 Å². The average Bonchev–Trinajstić information content (AvgIpc) is 3.65. The van der Waals surface area contributed by atoms with Crippen molar-refractivity contribution in [3.05, 3.63) is 59.7 Å². The number of aryl methyl sites for hydroxylation is 4. The van der Waals surface area contributed by atoms with Gasteiger partial charge < -0.3 is 19.4 Å². The maximum atomic E-state index is 13.3. The Bertz CT molecular complexity index is 1760. The second-order valence-corrected chi connectivity index (χ2v) is 9.28. The summed E-state index contributed by atoms with van der Waals surface area (Å²) in [5.74, 6) is 1.50. The molecule has 5 rings (SSSR count). The fourth-order valence-electron chi connectivity index (χ4n) is 4.58. The van der Waals surface area contributed by atoms with E-state index in [1.807, 2.05) is 50.0 Å². The van der Waals surface area contributed by atoms with Crippen molar-refractivity contribution in [2.45, 2.75) is 26.4 Å². The quantitative estimate of drug-likeness (QED) is 0.301. The number of amides is 1. The minimum atomic E-state index is -0.346. The van der Waals surface area contributed by atoms with Gasteiger partial charge in [0, 0.05) is 43.9 Å². The second-order valence-electron chi connectivity index (χ2n) is 9.28. The average molecular weight is 540 g/mol. The van der Waals surface area contributed by atoms with Gasteiger partial charge in [0.2, 0.25) is 0 Å². The summed E-state index contributed by atoms with van der Waals surface area (Å²) in [6.45, 7) is 2.61. The summed E-state index contributed by atoms with van der Waals surface area (Å²) < 4.78 is 16.1. The molecule has 0 saturated heterocycles. The first kappa shape index (κ1) is 26.4. The maximum Gasteiger partial charge on any atom is 0.270 e. The van der Waals surface area contributed by atoms with Crippen LogP contribution < -0.4 is 14.8 Å². The van der Waals surface area contributed by atoms with Crippen LogP contribution in [0.2, 0.25) is 0 Å². The number of hydrogen-bond donors (Lipinski definition) is 1. The molecule has 0 unspecified atom stereocenters. The van der Waals surface area contributed by atoms with Crippen molar-refractivity contribution < 1.29 is 14.3 Å². The molecule has 0 spiro atoms. The summed E-state index contributed by atoms with van der Waals surface area (Å²) >= 11 is 0. The Balaban J connectivity index is 1.50. The number of nitrogens with one attached hydrogen (secondary N) is 1. The highest BCUT2D eigenvalue weighted by Crippen LogP contribution is 2.30. The highest BCUT2D eigenvalue weighted by molar-refractivity contribution is 5.99. The van der Waals surface area contributed by atoms with E-state index >= 15 is 0 Å². The minimum absolute atomic E-state index is 0.234. The van der Waals surface area contributed by atoms with Gasteiger partial charge in [0.25, 0.3) is 5.91 Å². The van der Waals surface area contributed by atoms with E-state index in [-0.39, 0.29) is 18.1 Å². The van der Waals surface area contributed by atoms with Crippen molar-refractivity contribution in [2.75, 3.05) is 14.2 Å². The van der Waals surface area contributed by atoms with Gasteiger partial charge in [-0.1, -0.05) is 0 Å². The lowest BCUT2D eigenvalue weighted by molar-refractivity contribution is 0.0946. The predicted octanol–water partition coefficient (Wildman–Crippen LogP) is 3.40. The summed E-state index contributed by atoms with van der Waals surface area (Å²) in [6, 6.07) is 11.2. The number of carbonyl (C=O) groups is 1. The second kappa shape index (κ2) is 10.9. The van der Waals surface area contributed by atoms with E-state index in [1.165, 1.54) is 0 Å². The highest BCUT2D eigenvalue weighted by Gasteiger charge is 2.21.